The Kier molecular flexibility index (Phi) is 5.10. The molecular formula is C23H15ClN4O. The van der Waals surface area contributed by atoms with Crippen molar-refractivity contribution in [3.05, 3.63) is 95.3 Å². The van der Waals surface area contributed by atoms with Crippen molar-refractivity contribution >= 4 is 34.9 Å². The molecule has 0 fully saturated rings. The number of rotatable bonds is 4. The van der Waals surface area contributed by atoms with Gasteiger partial charge in [0.2, 0.25) is 0 Å². The molecular weight excluding hydrogens is 384 g/mol. The molecule has 0 spiro atoms. The molecule has 0 unspecified atom stereocenters. The predicted molar refractivity (Wildman–Crippen MR) is 114 cm³/mol. The summed E-state index contributed by atoms with van der Waals surface area (Å²) in [5, 5.41) is 12.7. The van der Waals surface area contributed by atoms with E-state index in [9.17, 15) is 10.1 Å². The summed E-state index contributed by atoms with van der Waals surface area (Å²) in [6, 6.07) is 24.1. The maximum atomic E-state index is 12.7. The van der Waals surface area contributed by atoms with Crippen molar-refractivity contribution < 1.29 is 4.79 Å². The first-order valence-electron chi connectivity index (χ1n) is 8.87. The Morgan fingerprint density at radius 2 is 1.76 bits per heavy atom. The van der Waals surface area contributed by atoms with Crippen molar-refractivity contribution in [1.29, 1.82) is 5.26 Å². The molecule has 140 valence electrons. The lowest BCUT2D eigenvalue weighted by Gasteiger charge is -2.06. The first-order chi connectivity index (χ1) is 14.2. The van der Waals surface area contributed by atoms with Gasteiger partial charge in [0.05, 0.1) is 22.1 Å². The number of nitrogens with one attached hydrogen (secondary N) is 1. The van der Waals surface area contributed by atoms with Crippen LogP contribution in [0.5, 0.6) is 0 Å². The molecule has 0 atom stereocenters. The van der Waals surface area contributed by atoms with Crippen LogP contribution < -0.4 is 5.32 Å². The maximum absolute atomic E-state index is 12.7. The van der Waals surface area contributed by atoms with Crippen LogP contribution >= 0.6 is 11.6 Å². The number of anilines is 1. The van der Waals surface area contributed by atoms with Crippen molar-refractivity contribution in [2.75, 3.05) is 5.32 Å². The molecule has 2 aromatic heterocycles. The van der Waals surface area contributed by atoms with E-state index >= 15 is 0 Å². The molecule has 1 amide bonds. The highest BCUT2D eigenvalue weighted by Crippen LogP contribution is 2.27. The zero-order valence-electron chi connectivity index (χ0n) is 15.2. The van der Waals surface area contributed by atoms with Crippen LogP contribution in [0.3, 0.4) is 0 Å². The molecule has 4 rings (SSSR count). The van der Waals surface area contributed by atoms with Crippen LogP contribution in [-0.2, 0) is 4.79 Å². The van der Waals surface area contributed by atoms with Crippen LogP contribution in [0, 0.1) is 11.3 Å². The fourth-order valence-corrected chi connectivity index (χ4v) is 3.18. The number of nitriles is 1. The standard InChI is InChI=1S/C23H15ClN4O/c24-18-10-4-5-11-19(18)26-23(29)17(15-25)14-20-22(16-8-2-1-3-9-16)27-21-12-6-7-13-28(20)21/h1-14H,(H,26,29)/b17-14+. The summed E-state index contributed by atoms with van der Waals surface area (Å²) in [4.78, 5) is 17.4. The van der Waals surface area contributed by atoms with E-state index in [1.165, 1.54) is 0 Å². The van der Waals surface area contributed by atoms with Crippen LogP contribution in [0.4, 0.5) is 5.69 Å². The quantitative estimate of drug-likeness (QED) is 0.379. The normalized spacial score (nSPS) is 11.2. The number of amides is 1. The van der Waals surface area contributed by atoms with Crippen molar-refractivity contribution in [2.24, 2.45) is 0 Å². The van der Waals surface area contributed by atoms with E-state index in [-0.39, 0.29) is 5.57 Å². The van der Waals surface area contributed by atoms with Gasteiger partial charge in [0.15, 0.2) is 0 Å². The smallest absolute Gasteiger partial charge is 0.266 e. The van der Waals surface area contributed by atoms with E-state index in [1.807, 2.05) is 65.2 Å². The number of carbonyl (C=O) groups excluding carboxylic acids is 1. The number of aromatic nitrogens is 2. The summed E-state index contributed by atoms with van der Waals surface area (Å²) in [6.07, 6.45) is 3.40. The number of fused-ring (bicyclic) bond motifs is 1. The Balaban J connectivity index is 1.80. The van der Waals surface area contributed by atoms with Crippen molar-refractivity contribution in [3.63, 3.8) is 0 Å². The maximum Gasteiger partial charge on any atom is 0.266 e. The Morgan fingerprint density at radius 1 is 1.03 bits per heavy atom. The zero-order chi connectivity index (χ0) is 20.2. The van der Waals surface area contributed by atoms with Gasteiger partial charge in [0.1, 0.15) is 17.3 Å². The summed E-state index contributed by atoms with van der Waals surface area (Å²) >= 11 is 6.11. The summed E-state index contributed by atoms with van der Waals surface area (Å²) in [6.45, 7) is 0. The molecule has 1 N–H and O–H groups in total. The topological polar surface area (TPSA) is 70.2 Å². The van der Waals surface area contributed by atoms with Gasteiger partial charge in [0, 0.05) is 11.8 Å². The second-order valence-electron chi connectivity index (χ2n) is 6.24. The monoisotopic (exact) mass is 398 g/mol. The third-order valence-electron chi connectivity index (χ3n) is 4.38. The first kappa shape index (κ1) is 18.5. The number of hydrogen-bond acceptors (Lipinski definition) is 3. The van der Waals surface area contributed by atoms with Gasteiger partial charge in [-0.05, 0) is 30.3 Å². The Labute approximate surface area is 172 Å². The number of benzene rings is 2. The van der Waals surface area contributed by atoms with Gasteiger partial charge in [-0.1, -0.05) is 60.1 Å². The number of hydrogen-bond donors (Lipinski definition) is 1. The molecule has 2 heterocycles. The van der Waals surface area contributed by atoms with Gasteiger partial charge in [0.25, 0.3) is 5.91 Å². The minimum Gasteiger partial charge on any atom is -0.320 e. The molecule has 4 aromatic rings. The molecule has 0 saturated carbocycles. The van der Waals surface area contributed by atoms with E-state index in [0.29, 0.717) is 22.1 Å². The van der Waals surface area contributed by atoms with E-state index < -0.39 is 5.91 Å². The van der Waals surface area contributed by atoms with Crippen LogP contribution in [0.2, 0.25) is 5.02 Å². The minimum atomic E-state index is -0.537. The first-order valence-corrected chi connectivity index (χ1v) is 9.25. The predicted octanol–water partition coefficient (Wildman–Crippen LogP) is 5.20. The minimum absolute atomic E-state index is 0.0484. The molecule has 0 bridgehead atoms. The number of pyridine rings is 1. The molecule has 5 nitrogen and oxygen atoms in total. The number of nitrogens with zero attached hydrogens (tertiary/aromatic N) is 3. The van der Waals surface area contributed by atoms with Crippen molar-refractivity contribution in [2.45, 2.75) is 0 Å². The van der Waals surface area contributed by atoms with Gasteiger partial charge in [-0.2, -0.15) is 5.26 Å². The summed E-state index contributed by atoms with van der Waals surface area (Å²) in [5.41, 5.74) is 3.36. The zero-order valence-corrected chi connectivity index (χ0v) is 16.0. The Hall–Kier alpha value is -3.88. The van der Waals surface area contributed by atoms with Crippen LogP contribution in [0.25, 0.3) is 23.0 Å². The van der Waals surface area contributed by atoms with Crippen LogP contribution in [0.1, 0.15) is 5.69 Å². The van der Waals surface area contributed by atoms with Crippen LogP contribution in [-0.4, -0.2) is 15.3 Å². The summed E-state index contributed by atoms with van der Waals surface area (Å²) in [5.74, 6) is -0.537. The average molecular weight is 399 g/mol. The lowest BCUT2D eigenvalue weighted by Crippen LogP contribution is -2.14. The number of imidazole rings is 1. The molecule has 0 radical (unpaired) electrons. The van der Waals surface area contributed by atoms with Gasteiger partial charge in [-0.25, -0.2) is 4.98 Å². The lowest BCUT2D eigenvalue weighted by molar-refractivity contribution is -0.112. The van der Waals surface area contributed by atoms with E-state index in [4.69, 9.17) is 11.6 Å². The van der Waals surface area contributed by atoms with Crippen molar-refractivity contribution in [1.82, 2.24) is 9.38 Å². The number of para-hydroxylation sites is 1. The lowest BCUT2D eigenvalue weighted by atomic mass is 10.1. The molecule has 0 aliphatic heterocycles. The second-order valence-corrected chi connectivity index (χ2v) is 6.65. The largest absolute Gasteiger partial charge is 0.320 e. The van der Waals surface area contributed by atoms with E-state index in [1.54, 1.807) is 30.3 Å². The molecule has 29 heavy (non-hydrogen) atoms. The second kappa shape index (κ2) is 8.01. The molecule has 6 heteroatoms. The van der Waals surface area contributed by atoms with E-state index in [0.717, 1.165) is 11.2 Å². The van der Waals surface area contributed by atoms with Crippen LogP contribution in [0.15, 0.2) is 84.6 Å². The highest BCUT2D eigenvalue weighted by molar-refractivity contribution is 6.34. The fraction of sp³-hybridized carbons (Fsp3) is 0. The molecule has 0 aliphatic carbocycles. The highest BCUT2D eigenvalue weighted by Gasteiger charge is 2.16. The van der Waals surface area contributed by atoms with Crippen molar-refractivity contribution in [3.8, 4) is 17.3 Å². The van der Waals surface area contributed by atoms with Gasteiger partial charge < -0.3 is 5.32 Å². The fourth-order valence-electron chi connectivity index (χ4n) is 3.00. The highest BCUT2D eigenvalue weighted by atomic mass is 35.5. The van der Waals surface area contributed by atoms with Gasteiger partial charge in [-0.3, -0.25) is 9.20 Å². The average Bonchev–Trinajstić information content (AvgIpc) is 3.12. The van der Waals surface area contributed by atoms with Gasteiger partial charge >= 0.3 is 0 Å². The molecule has 0 saturated heterocycles. The SMILES string of the molecule is N#C/C(=C\c1c(-c2ccccc2)nc2ccccn12)C(=O)Nc1ccccc1Cl. The Bertz CT molecular complexity index is 1270. The molecule has 0 aliphatic rings. The van der Waals surface area contributed by atoms with Gasteiger partial charge in [-0.15, -0.1) is 0 Å². The number of halogens is 1. The third kappa shape index (κ3) is 3.75. The summed E-state index contributed by atoms with van der Waals surface area (Å²) < 4.78 is 1.85. The van der Waals surface area contributed by atoms with E-state index in [2.05, 4.69) is 10.3 Å². The third-order valence-corrected chi connectivity index (χ3v) is 4.71. The summed E-state index contributed by atoms with van der Waals surface area (Å²) in [7, 11) is 0. The molecule has 2 aromatic carbocycles. The Morgan fingerprint density at radius 3 is 2.52 bits per heavy atom. The number of carbonyl (C=O) groups is 1.